The van der Waals surface area contributed by atoms with E-state index in [2.05, 4.69) is 10.6 Å². The molecule has 2 N–H and O–H groups in total. The van der Waals surface area contributed by atoms with Gasteiger partial charge < -0.3 is 29.7 Å². The third-order valence-corrected chi connectivity index (χ3v) is 8.30. The molecule has 1 fully saturated rings. The van der Waals surface area contributed by atoms with Gasteiger partial charge in [-0.2, -0.15) is 0 Å². The standard InChI is InChI=1S/C28H26ClN3O7/c1-13-9-15(30-14-6-7-17-16(10-14)27(36)32-8-4-5-18(32)26(35)31-17)11-21(33)28(13)25(34)22-19(37-2)12-20(38-3)23(29)24(22)39-28/h6-7,10-13,18,30H,4-5,8-9H2,1-3H3,(H,31,35). The second kappa shape index (κ2) is 9.01. The summed E-state index contributed by atoms with van der Waals surface area (Å²) in [6.07, 6.45) is 3.08. The van der Waals surface area contributed by atoms with Crippen LogP contribution in [0.25, 0.3) is 0 Å². The molecule has 1 spiro atoms. The van der Waals surface area contributed by atoms with Crippen LogP contribution in [0.3, 0.4) is 0 Å². The van der Waals surface area contributed by atoms with Gasteiger partial charge in [0.05, 0.1) is 25.5 Å². The molecule has 11 heteroatoms. The van der Waals surface area contributed by atoms with Crippen molar-refractivity contribution in [3.63, 3.8) is 0 Å². The molecule has 1 aliphatic carbocycles. The van der Waals surface area contributed by atoms with Crippen LogP contribution >= 0.6 is 11.6 Å². The van der Waals surface area contributed by atoms with Crippen molar-refractivity contribution in [1.29, 1.82) is 0 Å². The molecule has 39 heavy (non-hydrogen) atoms. The summed E-state index contributed by atoms with van der Waals surface area (Å²) in [4.78, 5) is 54.7. The Bertz CT molecular complexity index is 1500. The fourth-order valence-electron chi connectivity index (χ4n) is 5.96. The lowest BCUT2D eigenvalue weighted by Crippen LogP contribution is -2.55. The number of halogens is 1. The topological polar surface area (TPSA) is 123 Å². The van der Waals surface area contributed by atoms with Gasteiger partial charge in [0.1, 0.15) is 28.1 Å². The second-order valence-electron chi connectivity index (χ2n) is 10.1. The highest BCUT2D eigenvalue weighted by Gasteiger charge is 2.60. The van der Waals surface area contributed by atoms with Crippen molar-refractivity contribution in [2.45, 2.75) is 37.8 Å². The number of amides is 2. The molecule has 3 unspecified atom stereocenters. The fraction of sp³-hybridized carbons (Fsp3) is 0.357. The summed E-state index contributed by atoms with van der Waals surface area (Å²) in [5.74, 6) is -1.46. The number of benzene rings is 2. The predicted octanol–water partition coefficient (Wildman–Crippen LogP) is 3.83. The van der Waals surface area contributed by atoms with Gasteiger partial charge in [-0.1, -0.05) is 18.5 Å². The molecule has 6 rings (SSSR count). The van der Waals surface area contributed by atoms with Crippen LogP contribution in [0.5, 0.6) is 17.2 Å². The van der Waals surface area contributed by atoms with Crippen molar-refractivity contribution in [3.05, 3.63) is 52.2 Å². The van der Waals surface area contributed by atoms with Gasteiger partial charge in [-0.25, -0.2) is 0 Å². The summed E-state index contributed by atoms with van der Waals surface area (Å²) in [6.45, 7) is 2.29. The Morgan fingerprint density at radius 2 is 1.90 bits per heavy atom. The number of hydrogen-bond donors (Lipinski definition) is 2. The highest BCUT2D eigenvalue weighted by Crippen LogP contribution is 2.53. The number of hydrogen-bond acceptors (Lipinski definition) is 8. The van der Waals surface area contributed by atoms with Crippen molar-refractivity contribution in [1.82, 2.24) is 4.90 Å². The maximum atomic E-state index is 13.7. The number of Topliss-reactive ketones (excluding diaryl/α,β-unsaturated/α-hetero) is 1. The highest BCUT2D eigenvalue weighted by atomic mass is 35.5. The minimum absolute atomic E-state index is 0.0643. The minimum Gasteiger partial charge on any atom is -0.496 e. The minimum atomic E-state index is -1.78. The average Bonchev–Trinajstić information content (AvgIpc) is 3.51. The zero-order valence-corrected chi connectivity index (χ0v) is 22.3. The van der Waals surface area contributed by atoms with Crippen molar-refractivity contribution in [3.8, 4) is 17.2 Å². The maximum Gasteiger partial charge on any atom is 0.256 e. The van der Waals surface area contributed by atoms with Crippen molar-refractivity contribution < 1.29 is 33.4 Å². The van der Waals surface area contributed by atoms with Gasteiger partial charge in [0.2, 0.25) is 23.1 Å². The summed E-state index contributed by atoms with van der Waals surface area (Å²) in [6, 6.07) is 6.11. The Labute approximate surface area is 229 Å². The molecule has 2 aromatic carbocycles. The molecular formula is C28H26ClN3O7. The average molecular weight is 552 g/mol. The summed E-state index contributed by atoms with van der Waals surface area (Å²) in [5.41, 5.74) is 0.299. The van der Waals surface area contributed by atoms with Gasteiger partial charge in [0.15, 0.2) is 5.75 Å². The third kappa shape index (κ3) is 3.61. The number of ether oxygens (including phenoxy) is 3. The first-order valence-electron chi connectivity index (χ1n) is 12.7. The number of anilines is 2. The number of methoxy groups -OCH3 is 2. The first kappa shape index (κ1) is 25.2. The number of allylic oxidation sites excluding steroid dienone is 1. The lowest BCUT2D eigenvalue weighted by Gasteiger charge is -2.35. The van der Waals surface area contributed by atoms with E-state index in [1.54, 1.807) is 30.0 Å². The summed E-state index contributed by atoms with van der Waals surface area (Å²) in [5, 5.41) is 6.16. The van der Waals surface area contributed by atoms with Crippen LogP contribution < -0.4 is 24.8 Å². The molecule has 4 aliphatic rings. The number of carbonyl (C=O) groups excluding carboxylic acids is 4. The highest BCUT2D eigenvalue weighted by molar-refractivity contribution is 6.36. The normalized spacial score (nSPS) is 25.3. The Balaban J connectivity index is 1.30. The molecule has 0 bridgehead atoms. The zero-order valence-electron chi connectivity index (χ0n) is 21.6. The quantitative estimate of drug-likeness (QED) is 0.550. The summed E-state index contributed by atoms with van der Waals surface area (Å²) >= 11 is 6.45. The van der Waals surface area contributed by atoms with Gasteiger partial charge in [0, 0.05) is 36.0 Å². The van der Waals surface area contributed by atoms with Gasteiger partial charge in [-0.15, -0.1) is 0 Å². The molecule has 202 valence electrons. The second-order valence-corrected chi connectivity index (χ2v) is 10.5. The molecule has 10 nitrogen and oxygen atoms in total. The first-order valence-corrected chi connectivity index (χ1v) is 13.0. The Kier molecular flexibility index (Phi) is 5.83. The van der Waals surface area contributed by atoms with E-state index >= 15 is 0 Å². The van der Waals surface area contributed by atoms with Crippen LogP contribution in [-0.2, 0) is 9.59 Å². The molecule has 3 heterocycles. The van der Waals surface area contributed by atoms with E-state index in [0.29, 0.717) is 42.0 Å². The molecule has 0 aromatic heterocycles. The zero-order chi connectivity index (χ0) is 27.6. The third-order valence-electron chi connectivity index (χ3n) is 7.94. The van der Waals surface area contributed by atoms with Crippen LogP contribution in [-0.4, -0.2) is 60.7 Å². The smallest absolute Gasteiger partial charge is 0.256 e. The van der Waals surface area contributed by atoms with Gasteiger partial charge in [0.25, 0.3) is 5.91 Å². The van der Waals surface area contributed by atoms with E-state index in [1.165, 1.54) is 26.4 Å². The fourth-order valence-corrected chi connectivity index (χ4v) is 6.23. The molecule has 3 aliphatic heterocycles. The molecule has 3 atom stereocenters. The largest absolute Gasteiger partial charge is 0.496 e. The van der Waals surface area contributed by atoms with Gasteiger partial charge in [-0.3, -0.25) is 19.2 Å². The van der Waals surface area contributed by atoms with Crippen LogP contribution in [0.4, 0.5) is 11.4 Å². The lowest BCUT2D eigenvalue weighted by atomic mass is 9.74. The van der Waals surface area contributed by atoms with E-state index in [1.807, 2.05) is 0 Å². The van der Waals surface area contributed by atoms with E-state index in [0.717, 1.165) is 6.42 Å². The molecule has 0 radical (unpaired) electrons. The van der Waals surface area contributed by atoms with Gasteiger partial charge >= 0.3 is 0 Å². The molecule has 1 saturated heterocycles. The molecule has 2 aromatic rings. The van der Waals surface area contributed by atoms with Crippen molar-refractivity contribution in [2.75, 3.05) is 31.4 Å². The lowest BCUT2D eigenvalue weighted by molar-refractivity contribution is -0.129. The van der Waals surface area contributed by atoms with E-state index in [-0.39, 0.29) is 39.6 Å². The number of ketones is 2. The van der Waals surface area contributed by atoms with Crippen molar-refractivity contribution in [2.24, 2.45) is 5.92 Å². The summed E-state index contributed by atoms with van der Waals surface area (Å²) < 4.78 is 16.8. The number of nitrogens with zero attached hydrogens (tertiary/aromatic N) is 1. The summed E-state index contributed by atoms with van der Waals surface area (Å²) in [7, 11) is 2.85. The van der Waals surface area contributed by atoms with Crippen LogP contribution in [0.1, 0.15) is 46.9 Å². The number of rotatable bonds is 4. The number of fused-ring (bicyclic) bond motifs is 3. The molecular weight excluding hydrogens is 526 g/mol. The monoisotopic (exact) mass is 551 g/mol. The van der Waals surface area contributed by atoms with E-state index in [9.17, 15) is 19.2 Å². The van der Waals surface area contributed by atoms with Crippen molar-refractivity contribution >= 4 is 46.4 Å². The van der Waals surface area contributed by atoms with E-state index < -0.39 is 29.1 Å². The number of carbonyl (C=O) groups is 4. The molecule has 0 saturated carbocycles. The van der Waals surface area contributed by atoms with Crippen LogP contribution in [0.2, 0.25) is 5.02 Å². The van der Waals surface area contributed by atoms with E-state index in [4.69, 9.17) is 25.8 Å². The number of nitrogens with one attached hydrogen (secondary N) is 2. The first-order chi connectivity index (χ1) is 18.7. The Hall–Kier alpha value is -4.05. The Morgan fingerprint density at radius 3 is 2.62 bits per heavy atom. The SMILES string of the molecule is COc1cc(OC)c2c(c1Cl)OC1(C(=O)C=C(Nc3ccc4c(c3)C(=O)N3CCCC3C(=O)N4)CC1C)C2=O. The Morgan fingerprint density at radius 1 is 1.13 bits per heavy atom. The van der Waals surface area contributed by atoms with Gasteiger partial charge in [-0.05, 0) is 37.5 Å². The van der Waals surface area contributed by atoms with Crippen LogP contribution in [0.15, 0.2) is 36.0 Å². The maximum absolute atomic E-state index is 13.7. The predicted molar refractivity (Wildman–Crippen MR) is 142 cm³/mol. The van der Waals surface area contributed by atoms with Crippen LogP contribution in [0, 0.1) is 5.92 Å². The molecule has 2 amide bonds.